The van der Waals surface area contributed by atoms with Gasteiger partial charge >= 0.3 is 0 Å². The van der Waals surface area contributed by atoms with Gasteiger partial charge in [0.05, 0.1) is 32.2 Å². The van der Waals surface area contributed by atoms with Crippen LogP contribution < -0.4 is 0 Å². The first-order valence-corrected chi connectivity index (χ1v) is 22.6. The molecule has 0 heterocycles. The summed E-state index contributed by atoms with van der Waals surface area (Å²) in [5, 5.41) is 0. The highest BCUT2D eigenvalue weighted by Gasteiger charge is 2.38. The van der Waals surface area contributed by atoms with Crippen molar-refractivity contribution in [3.05, 3.63) is 35.4 Å². The van der Waals surface area contributed by atoms with Crippen molar-refractivity contribution in [1.82, 2.24) is 0 Å². The summed E-state index contributed by atoms with van der Waals surface area (Å²) in [4.78, 5) is 0. The summed E-state index contributed by atoms with van der Waals surface area (Å²) in [7, 11) is -3.58. The Hall–Kier alpha value is 0.0438. The van der Waals surface area contributed by atoms with Gasteiger partial charge in [0.2, 0.25) is 0 Å². The Morgan fingerprint density at radius 3 is 1.73 bits per heavy atom. The van der Waals surface area contributed by atoms with E-state index in [0.29, 0.717) is 0 Å². The molecule has 0 saturated carbocycles. The van der Waals surface area contributed by atoms with Crippen LogP contribution in [0.3, 0.4) is 0 Å². The summed E-state index contributed by atoms with van der Waals surface area (Å²) >= 11 is 0. The molecule has 1 aromatic carbocycles. The van der Waals surface area contributed by atoms with Crippen LogP contribution in [0.25, 0.3) is 0 Å². The summed E-state index contributed by atoms with van der Waals surface area (Å²) in [5.74, 6) is 0. The lowest BCUT2D eigenvalue weighted by Crippen LogP contribution is -2.55. The van der Waals surface area contributed by atoms with E-state index in [1.807, 2.05) is 0 Å². The number of hydrogen-bond donors (Lipinski definition) is 0. The van der Waals surface area contributed by atoms with Crippen LogP contribution in [0.5, 0.6) is 0 Å². The van der Waals surface area contributed by atoms with Crippen molar-refractivity contribution in [3.8, 4) is 0 Å². The lowest BCUT2D eigenvalue weighted by molar-refractivity contribution is 0.322. The van der Waals surface area contributed by atoms with Gasteiger partial charge in [0.25, 0.3) is 0 Å². The third-order valence-corrected chi connectivity index (χ3v) is 27.8. The van der Waals surface area contributed by atoms with Crippen LogP contribution >= 0.6 is 7.26 Å². The average Bonchev–Trinajstić information content (AvgIpc) is 2.68. The highest BCUT2D eigenvalue weighted by atomic mass is 31.2. The molecule has 174 valence electrons. The third-order valence-electron chi connectivity index (χ3n) is 7.13. The Morgan fingerprint density at radius 2 is 1.27 bits per heavy atom. The van der Waals surface area contributed by atoms with E-state index in [1.54, 1.807) is 5.56 Å². The average molecular weight is 468 g/mol. The fourth-order valence-corrected chi connectivity index (χ4v) is 11.7. The summed E-state index contributed by atoms with van der Waals surface area (Å²) in [6, 6.07) is 9.55. The quantitative estimate of drug-likeness (QED) is 0.174. The standard InChI is InChI=1S/C26H52OPSi2/c1-9-12-20-28(21-13-10-2,22-14-11-3)24-26-17-15-16-25(23-26)18-19-27-30(7,8)29(4,5)6/h15-17,23H,9-14,18-22,24H2,1-8H3/q+1. The minimum Gasteiger partial charge on any atom is -0.420 e. The van der Waals surface area contributed by atoms with Gasteiger partial charge in [-0.3, -0.25) is 0 Å². The molecule has 0 atom stereocenters. The molecule has 0 spiro atoms. The molecule has 1 aromatic rings. The van der Waals surface area contributed by atoms with E-state index in [-0.39, 0.29) is 0 Å². The second-order valence-corrected chi connectivity index (χ2v) is 31.2. The highest BCUT2D eigenvalue weighted by molar-refractivity contribution is 7.75. The maximum atomic E-state index is 6.51. The van der Waals surface area contributed by atoms with Gasteiger partial charge in [-0.25, -0.2) is 0 Å². The molecule has 0 fully saturated rings. The molecule has 0 amide bonds. The maximum Gasteiger partial charge on any atom is 0.173 e. The fourth-order valence-electron chi connectivity index (χ4n) is 3.96. The van der Waals surface area contributed by atoms with Crippen molar-refractivity contribution in [2.45, 2.75) is 105 Å². The summed E-state index contributed by atoms with van der Waals surface area (Å²) in [5.41, 5.74) is 3.08. The smallest absolute Gasteiger partial charge is 0.173 e. The minimum absolute atomic E-state index is 0.881. The molecule has 1 nitrogen and oxygen atoms in total. The Balaban J connectivity index is 2.87. The molecule has 0 aromatic heterocycles. The van der Waals surface area contributed by atoms with Crippen LogP contribution in [0.15, 0.2) is 24.3 Å². The zero-order chi connectivity index (χ0) is 22.7. The van der Waals surface area contributed by atoms with Crippen molar-refractivity contribution in [2.75, 3.05) is 25.1 Å². The first-order chi connectivity index (χ1) is 14.1. The van der Waals surface area contributed by atoms with Crippen molar-refractivity contribution >= 4 is 22.7 Å². The first-order valence-electron chi connectivity index (χ1n) is 12.7. The van der Waals surface area contributed by atoms with Gasteiger partial charge in [-0.2, -0.15) is 0 Å². The molecule has 4 heteroatoms. The molecule has 0 aliphatic rings. The minimum atomic E-state index is -1.51. The zero-order valence-electron chi connectivity index (χ0n) is 21.7. The van der Waals surface area contributed by atoms with E-state index in [4.69, 9.17) is 4.43 Å². The molecule has 0 saturated heterocycles. The van der Waals surface area contributed by atoms with Gasteiger partial charge in [-0.05, 0) is 49.9 Å². The SMILES string of the molecule is CCCC[P+](CCCC)(CCCC)Cc1cccc(CCO[Si](C)(C)[Si](C)(C)C)c1. The number of unbranched alkanes of at least 4 members (excludes halogenated alkanes) is 3. The fraction of sp³-hybridized carbons (Fsp3) is 0.769. The van der Waals surface area contributed by atoms with Gasteiger partial charge in [-0.15, -0.1) is 0 Å². The van der Waals surface area contributed by atoms with Crippen molar-refractivity contribution in [1.29, 1.82) is 0 Å². The van der Waals surface area contributed by atoms with Gasteiger partial charge < -0.3 is 4.43 Å². The van der Waals surface area contributed by atoms with Crippen LogP contribution in [0.1, 0.15) is 70.4 Å². The molecule has 0 unspecified atom stereocenters. The molecule has 1 rings (SSSR count). The second kappa shape index (κ2) is 13.6. The number of hydrogen-bond acceptors (Lipinski definition) is 1. The number of rotatable bonds is 16. The van der Waals surface area contributed by atoms with E-state index in [2.05, 4.69) is 77.8 Å². The van der Waals surface area contributed by atoms with Gasteiger partial charge in [0, 0.05) is 13.9 Å². The molecule has 30 heavy (non-hydrogen) atoms. The largest absolute Gasteiger partial charge is 0.420 e. The van der Waals surface area contributed by atoms with Crippen LogP contribution in [0.4, 0.5) is 0 Å². The van der Waals surface area contributed by atoms with Crippen LogP contribution in [-0.4, -0.2) is 40.5 Å². The lowest BCUT2D eigenvalue weighted by atomic mass is 10.1. The van der Waals surface area contributed by atoms with Crippen LogP contribution in [0, 0.1) is 0 Å². The summed E-state index contributed by atoms with van der Waals surface area (Å²) in [6.07, 6.45) is 15.3. The van der Waals surface area contributed by atoms with Crippen molar-refractivity contribution in [2.24, 2.45) is 0 Å². The van der Waals surface area contributed by atoms with E-state index in [9.17, 15) is 0 Å². The summed E-state index contributed by atoms with van der Waals surface area (Å²) in [6.45, 7) is 20.2. The Bertz CT molecular complexity index is 573. The Kier molecular flexibility index (Phi) is 12.7. The first kappa shape index (κ1) is 28.1. The van der Waals surface area contributed by atoms with E-state index < -0.39 is 22.7 Å². The van der Waals surface area contributed by atoms with Crippen LogP contribution in [-0.2, 0) is 17.0 Å². The highest BCUT2D eigenvalue weighted by Crippen LogP contribution is 2.63. The van der Waals surface area contributed by atoms with Crippen molar-refractivity contribution in [3.63, 3.8) is 0 Å². The van der Waals surface area contributed by atoms with E-state index in [0.717, 1.165) is 13.0 Å². The number of benzene rings is 1. The molecule has 0 N–H and O–H groups in total. The lowest BCUT2D eigenvalue weighted by Gasteiger charge is -2.34. The van der Waals surface area contributed by atoms with E-state index >= 15 is 0 Å². The van der Waals surface area contributed by atoms with Crippen LogP contribution in [0.2, 0.25) is 32.7 Å². The molecular formula is C26H52OPSi2+. The maximum absolute atomic E-state index is 6.51. The van der Waals surface area contributed by atoms with Gasteiger partial charge in [-0.1, -0.05) is 83.9 Å². The molecule has 0 aliphatic heterocycles. The second-order valence-electron chi connectivity index (χ2n) is 10.9. The monoisotopic (exact) mass is 467 g/mol. The topological polar surface area (TPSA) is 9.23 Å². The van der Waals surface area contributed by atoms with Gasteiger partial charge in [0.15, 0.2) is 7.83 Å². The Labute approximate surface area is 192 Å². The summed E-state index contributed by atoms with van der Waals surface area (Å²) < 4.78 is 6.51. The molecule has 0 aliphatic carbocycles. The predicted octanol–water partition coefficient (Wildman–Crippen LogP) is 8.79. The third kappa shape index (κ3) is 9.67. The van der Waals surface area contributed by atoms with Gasteiger partial charge in [0.1, 0.15) is 0 Å². The molecule has 0 bridgehead atoms. The normalized spacial score (nSPS) is 13.1. The zero-order valence-corrected chi connectivity index (χ0v) is 24.5. The van der Waals surface area contributed by atoms with E-state index in [1.165, 1.54) is 68.7 Å². The molecule has 0 radical (unpaired) electrons. The Morgan fingerprint density at radius 1 is 0.767 bits per heavy atom. The molecular weight excluding hydrogens is 415 g/mol. The predicted molar refractivity (Wildman–Crippen MR) is 147 cm³/mol. The van der Waals surface area contributed by atoms with Crippen molar-refractivity contribution < 1.29 is 4.43 Å².